The molecule has 6 heteroatoms. The number of pyridine rings is 1. The van der Waals surface area contributed by atoms with Gasteiger partial charge >= 0.3 is 0 Å². The highest BCUT2D eigenvalue weighted by Gasteiger charge is 2.13. The predicted molar refractivity (Wildman–Crippen MR) is 80.6 cm³/mol. The van der Waals surface area contributed by atoms with Crippen molar-refractivity contribution in [3.63, 3.8) is 0 Å². The summed E-state index contributed by atoms with van der Waals surface area (Å²) in [5, 5.41) is 0. The van der Waals surface area contributed by atoms with E-state index in [1.807, 2.05) is 24.3 Å². The second-order valence-electron chi connectivity index (χ2n) is 4.22. The molecule has 0 unspecified atom stereocenters. The monoisotopic (exact) mass is 301 g/mol. The Balaban J connectivity index is 2.10. The van der Waals surface area contributed by atoms with Gasteiger partial charge in [-0.1, -0.05) is 24.0 Å². The normalized spacial score (nSPS) is 10.7. The predicted octanol–water partition coefficient (Wildman–Crippen LogP) is 0.870. The van der Waals surface area contributed by atoms with Crippen LogP contribution in [0.1, 0.15) is 11.1 Å². The molecule has 0 aliphatic rings. The number of benzene rings is 1. The van der Waals surface area contributed by atoms with Gasteiger partial charge in [0.1, 0.15) is 4.90 Å². The Morgan fingerprint density at radius 1 is 1.24 bits per heavy atom. The average molecular weight is 301 g/mol. The zero-order valence-electron chi connectivity index (χ0n) is 11.3. The molecule has 3 N–H and O–H groups in total. The van der Waals surface area contributed by atoms with E-state index in [-0.39, 0.29) is 18.0 Å². The molecule has 0 atom stereocenters. The van der Waals surface area contributed by atoms with E-state index in [9.17, 15) is 8.42 Å². The van der Waals surface area contributed by atoms with Crippen molar-refractivity contribution < 1.29 is 8.42 Å². The summed E-state index contributed by atoms with van der Waals surface area (Å²) in [5.74, 6) is 5.67. The Bertz CT molecular complexity index is 762. The van der Waals surface area contributed by atoms with Gasteiger partial charge in [0, 0.05) is 24.5 Å². The maximum Gasteiger partial charge on any atom is 0.242 e. The van der Waals surface area contributed by atoms with Crippen molar-refractivity contribution in [2.45, 2.75) is 11.4 Å². The third-order valence-corrected chi connectivity index (χ3v) is 4.06. The molecular weight excluding hydrogens is 286 g/mol. The van der Waals surface area contributed by atoms with Gasteiger partial charge in [-0.25, -0.2) is 13.1 Å². The lowest BCUT2D eigenvalue weighted by atomic mass is 10.1. The highest BCUT2D eigenvalue weighted by molar-refractivity contribution is 7.89. The van der Waals surface area contributed by atoms with Gasteiger partial charge in [-0.3, -0.25) is 4.98 Å². The van der Waals surface area contributed by atoms with Gasteiger partial charge in [0.25, 0.3) is 0 Å². The Labute approximate surface area is 124 Å². The van der Waals surface area contributed by atoms with E-state index in [0.29, 0.717) is 0 Å². The van der Waals surface area contributed by atoms with E-state index < -0.39 is 10.0 Å². The number of hydrogen-bond donors (Lipinski definition) is 2. The standard InChI is InChI=1S/C15H15N3O2S/c16-8-2-6-13-4-1-5-14(10-13)11-18-21(19,20)15-7-3-9-17-12-15/h1,3-5,7,9-10,12,18H,8,11,16H2. The van der Waals surface area contributed by atoms with Gasteiger partial charge < -0.3 is 5.73 Å². The molecule has 0 amide bonds. The first-order valence-corrected chi connectivity index (χ1v) is 7.78. The molecule has 1 aromatic carbocycles. The number of rotatable bonds is 4. The highest BCUT2D eigenvalue weighted by Crippen LogP contribution is 2.08. The number of nitrogens with two attached hydrogens (primary N) is 1. The zero-order valence-corrected chi connectivity index (χ0v) is 12.1. The van der Waals surface area contributed by atoms with E-state index >= 15 is 0 Å². The van der Waals surface area contributed by atoms with Gasteiger partial charge in [0.15, 0.2) is 0 Å². The minimum atomic E-state index is -3.56. The number of aromatic nitrogens is 1. The van der Waals surface area contributed by atoms with Gasteiger partial charge in [-0.2, -0.15) is 0 Å². The van der Waals surface area contributed by atoms with Crippen molar-refractivity contribution in [3.05, 3.63) is 59.9 Å². The molecule has 0 radical (unpaired) electrons. The minimum Gasteiger partial charge on any atom is -0.320 e. The van der Waals surface area contributed by atoms with Crippen LogP contribution in [0.5, 0.6) is 0 Å². The third kappa shape index (κ3) is 4.39. The molecule has 0 bridgehead atoms. The molecule has 21 heavy (non-hydrogen) atoms. The summed E-state index contributed by atoms with van der Waals surface area (Å²) in [7, 11) is -3.56. The number of nitrogens with one attached hydrogen (secondary N) is 1. The van der Waals surface area contributed by atoms with Crippen LogP contribution in [0, 0.1) is 11.8 Å². The van der Waals surface area contributed by atoms with Crippen molar-refractivity contribution in [2.75, 3.05) is 6.54 Å². The molecule has 2 rings (SSSR count). The molecule has 0 aliphatic heterocycles. The Hall–Kier alpha value is -2.20. The molecule has 5 nitrogen and oxygen atoms in total. The van der Waals surface area contributed by atoms with E-state index in [1.54, 1.807) is 6.07 Å². The van der Waals surface area contributed by atoms with Gasteiger partial charge in [-0.05, 0) is 29.8 Å². The minimum absolute atomic E-state index is 0.143. The van der Waals surface area contributed by atoms with Crippen LogP contribution in [-0.2, 0) is 16.6 Å². The van der Waals surface area contributed by atoms with Crippen LogP contribution in [0.3, 0.4) is 0 Å². The van der Waals surface area contributed by atoms with Gasteiger partial charge in [0.05, 0.1) is 6.54 Å². The molecule has 0 saturated heterocycles. The van der Waals surface area contributed by atoms with Crippen LogP contribution in [0.2, 0.25) is 0 Å². The summed E-state index contributed by atoms with van der Waals surface area (Å²) < 4.78 is 26.7. The maximum absolute atomic E-state index is 12.1. The molecule has 0 aliphatic carbocycles. The highest BCUT2D eigenvalue weighted by atomic mass is 32.2. The van der Waals surface area contributed by atoms with E-state index in [4.69, 9.17) is 5.73 Å². The molecule has 0 spiro atoms. The van der Waals surface area contributed by atoms with Crippen LogP contribution < -0.4 is 10.5 Å². The van der Waals surface area contributed by atoms with Crippen molar-refractivity contribution in [2.24, 2.45) is 5.73 Å². The zero-order chi connectivity index (χ0) is 15.1. The van der Waals surface area contributed by atoms with Crippen LogP contribution in [-0.4, -0.2) is 19.9 Å². The SMILES string of the molecule is NCC#Cc1cccc(CNS(=O)(=O)c2cccnc2)c1. The number of sulfonamides is 1. The molecular formula is C15H15N3O2S. The van der Waals surface area contributed by atoms with Crippen molar-refractivity contribution in [1.82, 2.24) is 9.71 Å². The van der Waals surface area contributed by atoms with Crippen molar-refractivity contribution in [1.29, 1.82) is 0 Å². The topological polar surface area (TPSA) is 85.1 Å². The molecule has 108 valence electrons. The molecule has 1 heterocycles. The van der Waals surface area contributed by atoms with Crippen LogP contribution in [0.4, 0.5) is 0 Å². The number of hydrogen-bond acceptors (Lipinski definition) is 4. The third-order valence-electron chi connectivity index (χ3n) is 2.67. The fourth-order valence-electron chi connectivity index (χ4n) is 1.68. The van der Waals surface area contributed by atoms with E-state index in [1.165, 1.54) is 18.5 Å². The lowest BCUT2D eigenvalue weighted by Crippen LogP contribution is -2.23. The Morgan fingerprint density at radius 3 is 2.81 bits per heavy atom. The summed E-state index contributed by atoms with van der Waals surface area (Å²) in [5.41, 5.74) is 6.95. The van der Waals surface area contributed by atoms with Gasteiger partial charge in [-0.15, -0.1) is 0 Å². The summed E-state index contributed by atoms with van der Waals surface area (Å²) in [6, 6.07) is 10.4. The Morgan fingerprint density at radius 2 is 2.10 bits per heavy atom. The van der Waals surface area contributed by atoms with Crippen LogP contribution in [0.15, 0.2) is 53.7 Å². The van der Waals surface area contributed by atoms with Gasteiger partial charge in [0.2, 0.25) is 10.0 Å². The summed E-state index contributed by atoms with van der Waals surface area (Å²) in [6.45, 7) is 0.479. The second kappa shape index (κ2) is 6.99. The Kier molecular flexibility index (Phi) is 5.06. The average Bonchev–Trinajstić information content (AvgIpc) is 2.52. The van der Waals surface area contributed by atoms with Crippen LogP contribution >= 0.6 is 0 Å². The summed E-state index contributed by atoms with van der Waals surface area (Å²) in [4.78, 5) is 3.95. The first-order valence-electron chi connectivity index (χ1n) is 6.29. The smallest absolute Gasteiger partial charge is 0.242 e. The first kappa shape index (κ1) is 15.2. The molecule has 1 aromatic heterocycles. The lowest BCUT2D eigenvalue weighted by Gasteiger charge is -2.06. The van der Waals surface area contributed by atoms with E-state index in [0.717, 1.165) is 11.1 Å². The molecule has 0 saturated carbocycles. The lowest BCUT2D eigenvalue weighted by molar-refractivity contribution is 0.581. The fraction of sp³-hybridized carbons (Fsp3) is 0.133. The second-order valence-corrected chi connectivity index (χ2v) is 5.99. The molecule has 2 aromatic rings. The number of nitrogens with zero attached hydrogens (tertiary/aromatic N) is 1. The van der Waals surface area contributed by atoms with Crippen LogP contribution in [0.25, 0.3) is 0 Å². The summed E-state index contributed by atoms with van der Waals surface area (Å²) >= 11 is 0. The largest absolute Gasteiger partial charge is 0.320 e. The van der Waals surface area contributed by atoms with Crippen molar-refractivity contribution in [3.8, 4) is 11.8 Å². The molecule has 0 fully saturated rings. The first-order chi connectivity index (χ1) is 10.1. The summed E-state index contributed by atoms with van der Waals surface area (Å²) in [6.07, 6.45) is 2.84. The quantitative estimate of drug-likeness (QED) is 0.821. The van der Waals surface area contributed by atoms with E-state index in [2.05, 4.69) is 21.5 Å². The fourth-order valence-corrected chi connectivity index (χ4v) is 2.66. The maximum atomic E-state index is 12.1. The van der Waals surface area contributed by atoms with Crippen molar-refractivity contribution >= 4 is 10.0 Å².